The summed E-state index contributed by atoms with van der Waals surface area (Å²) >= 11 is 0. The fraction of sp³-hybridized carbons (Fsp3) is 0.571. The van der Waals surface area contributed by atoms with Crippen molar-refractivity contribution in [2.75, 3.05) is 24.6 Å². The molecule has 0 radical (unpaired) electrons. The number of benzene rings is 1. The van der Waals surface area contributed by atoms with Crippen LogP contribution in [0.4, 0.5) is 5.69 Å². The Balaban J connectivity index is 2.12. The van der Waals surface area contributed by atoms with E-state index in [1.807, 2.05) is 0 Å². The van der Waals surface area contributed by atoms with Crippen LogP contribution in [-0.4, -0.2) is 36.9 Å². The Hall–Kier alpha value is -1.06. The molecule has 2 N–H and O–H groups in total. The molecule has 0 spiro atoms. The van der Waals surface area contributed by atoms with Gasteiger partial charge in [-0.15, -0.1) is 0 Å². The SMILES string of the molecule is CCc1ccc(N2CC(CO)NCC2C)cc1. The van der Waals surface area contributed by atoms with Crippen LogP contribution in [0.5, 0.6) is 0 Å². The van der Waals surface area contributed by atoms with Crippen molar-refractivity contribution < 1.29 is 5.11 Å². The summed E-state index contributed by atoms with van der Waals surface area (Å²) in [6.45, 7) is 6.40. The minimum atomic E-state index is 0.192. The Morgan fingerprint density at radius 1 is 1.35 bits per heavy atom. The Morgan fingerprint density at radius 2 is 2.06 bits per heavy atom. The summed E-state index contributed by atoms with van der Waals surface area (Å²) in [7, 11) is 0. The van der Waals surface area contributed by atoms with Gasteiger partial charge in [-0.25, -0.2) is 0 Å². The second-order valence-corrected chi connectivity index (χ2v) is 4.81. The van der Waals surface area contributed by atoms with E-state index in [1.54, 1.807) is 0 Å². The van der Waals surface area contributed by atoms with Crippen LogP contribution < -0.4 is 10.2 Å². The molecule has 94 valence electrons. The van der Waals surface area contributed by atoms with Crippen LogP contribution in [0, 0.1) is 0 Å². The van der Waals surface area contributed by atoms with Crippen molar-refractivity contribution in [3.8, 4) is 0 Å². The third-order valence-electron chi connectivity index (χ3n) is 3.55. The second-order valence-electron chi connectivity index (χ2n) is 4.81. The quantitative estimate of drug-likeness (QED) is 0.830. The highest BCUT2D eigenvalue weighted by atomic mass is 16.3. The molecule has 0 saturated carbocycles. The predicted molar refractivity (Wildman–Crippen MR) is 71.5 cm³/mol. The number of hydrogen-bond donors (Lipinski definition) is 2. The van der Waals surface area contributed by atoms with E-state index in [4.69, 9.17) is 0 Å². The van der Waals surface area contributed by atoms with Gasteiger partial charge in [0.2, 0.25) is 0 Å². The van der Waals surface area contributed by atoms with Crippen LogP contribution >= 0.6 is 0 Å². The minimum Gasteiger partial charge on any atom is -0.395 e. The molecule has 0 amide bonds. The molecule has 1 aromatic rings. The molecule has 17 heavy (non-hydrogen) atoms. The molecule has 3 heteroatoms. The largest absolute Gasteiger partial charge is 0.395 e. The number of aliphatic hydroxyl groups is 1. The molecule has 2 rings (SSSR count). The van der Waals surface area contributed by atoms with Gasteiger partial charge < -0.3 is 15.3 Å². The second kappa shape index (κ2) is 5.52. The lowest BCUT2D eigenvalue weighted by Crippen LogP contribution is -2.56. The molecule has 2 atom stereocenters. The maximum atomic E-state index is 9.23. The maximum Gasteiger partial charge on any atom is 0.0601 e. The standard InChI is InChI=1S/C14H22N2O/c1-3-12-4-6-14(7-5-12)16-9-13(10-17)15-8-11(16)2/h4-7,11,13,15,17H,3,8-10H2,1-2H3. The van der Waals surface area contributed by atoms with Crippen molar-refractivity contribution >= 4 is 5.69 Å². The van der Waals surface area contributed by atoms with Gasteiger partial charge in [-0.1, -0.05) is 19.1 Å². The zero-order valence-corrected chi connectivity index (χ0v) is 10.7. The molecule has 1 fully saturated rings. The van der Waals surface area contributed by atoms with Crippen LogP contribution in [0.2, 0.25) is 0 Å². The van der Waals surface area contributed by atoms with Gasteiger partial charge in [0.15, 0.2) is 0 Å². The highest BCUT2D eigenvalue weighted by Crippen LogP contribution is 2.20. The van der Waals surface area contributed by atoms with Gasteiger partial charge in [-0.05, 0) is 31.0 Å². The van der Waals surface area contributed by atoms with Crippen molar-refractivity contribution in [3.63, 3.8) is 0 Å². The Kier molecular flexibility index (Phi) is 4.02. The minimum absolute atomic E-state index is 0.192. The fourth-order valence-electron chi connectivity index (χ4n) is 2.33. The van der Waals surface area contributed by atoms with Gasteiger partial charge >= 0.3 is 0 Å². The summed E-state index contributed by atoms with van der Waals surface area (Å²) in [5.74, 6) is 0. The van der Waals surface area contributed by atoms with Crippen LogP contribution in [0.15, 0.2) is 24.3 Å². The van der Waals surface area contributed by atoms with Gasteiger partial charge in [0.05, 0.1) is 6.61 Å². The molecule has 0 aliphatic carbocycles. The Bertz CT molecular complexity index is 350. The number of hydrogen-bond acceptors (Lipinski definition) is 3. The lowest BCUT2D eigenvalue weighted by atomic mass is 10.1. The van der Waals surface area contributed by atoms with E-state index in [0.29, 0.717) is 6.04 Å². The van der Waals surface area contributed by atoms with Gasteiger partial charge in [0.1, 0.15) is 0 Å². The average molecular weight is 234 g/mol. The fourth-order valence-corrected chi connectivity index (χ4v) is 2.33. The molecule has 0 bridgehead atoms. The number of anilines is 1. The van der Waals surface area contributed by atoms with Gasteiger partial charge in [-0.2, -0.15) is 0 Å². The summed E-state index contributed by atoms with van der Waals surface area (Å²) in [4.78, 5) is 2.37. The summed E-state index contributed by atoms with van der Waals surface area (Å²) in [5.41, 5.74) is 2.63. The number of aryl methyl sites for hydroxylation is 1. The molecular formula is C14H22N2O. The van der Waals surface area contributed by atoms with Crippen molar-refractivity contribution in [2.45, 2.75) is 32.4 Å². The zero-order valence-electron chi connectivity index (χ0n) is 10.7. The molecule has 0 aromatic heterocycles. The first-order valence-corrected chi connectivity index (χ1v) is 6.44. The first-order valence-electron chi connectivity index (χ1n) is 6.44. The van der Waals surface area contributed by atoms with Gasteiger partial charge in [-0.3, -0.25) is 0 Å². The summed E-state index contributed by atoms with van der Waals surface area (Å²) in [6.07, 6.45) is 1.08. The summed E-state index contributed by atoms with van der Waals surface area (Å²) in [5, 5.41) is 12.6. The maximum absolute atomic E-state index is 9.23. The summed E-state index contributed by atoms with van der Waals surface area (Å²) in [6, 6.07) is 9.43. The van der Waals surface area contributed by atoms with Crippen molar-refractivity contribution in [2.24, 2.45) is 0 Å². The van der Waals surface area contributed by atoms with Crippen molar-refractivity contribution in [1.29, 1.82) is 0 Å². The molecule has 1 aromatic carbocycles. The molecule has 1 heterocycles. The predicted octanol–water partition coefficient (Wildman–Crippen LogP) is 1.41. The molecule has 1 aliphatic heterocycles. The number of nitrogens with one attached hydrogen (secondary N) is 1. The van der Waals surface area contributed by atoms with Crippen molar-refractivity contribution in [3.05, 3.63) is 29.8 Å². The van der Waals surface area contributed by atoms with E-state index in [1.165, 1.54) is 11.3 Å². The molecule has 3 nitrogen and oxygen atoms in total. The lowest BCUT2D eigenvalue weighted by Gasteiger charge is -2.40. The number of aliphatic hydroxyl groups excluding tert-OH is 1. The third-order valence-corrected chi connectivity index (χ3v) is 3.55. The van der Waals surface area contributed by atoms with Crippen LogP contribution in [-0.2, 0) is 6.42 Å². The Labute approximate surface area is 103 Å². The lowest BCUT2D eigenvalue weighted by molar-refractivity contribution is 0.227. The van der Waals surface area contributed by atoms with Crippen LogP contribution in [0.1, 0.15) is 19.4 Å². The first kappa shape index (κ1) is 12.4. The van der Waals surface area contributed by atoms with E-state index in [2.05, 4.69) is 48.3 Å². The van der Waals surface area contributed by atoms with E-state index in [-0.39, 0.29) is 12.6 Å². The van der Waals surface area contributed by atoms with E-state index < -0.39 is 0 Å². The van der Waals surface area contributed by atoms with E-state index in [0.717, 1.165) is 19.5 Å². The van der Waals surface area contributed by atoms with E-state index in [9.17, 15) is 5.11 Å². The van der Waals surface area contributed by atoms with Crippen molar-refractivity contribution in [1.82, 2.24) is 5.32 Å². The first-order chi connectivity index (χ1) is 8.24. The topological polar surface area (TPSA) is 35.5 Å². The van der Waals surface area contributed by atoms with Crippen LogP contribution in [0.3, 0.4) is 0 Å². The smallest absolute Gasteiger partial charge is 0.0601 e. The molecular weight excluding hydrogens is 212 g/mol. The van der Waals surface area contributed by atoms with E-state index >= 15 is 0 Å². The molecule has 1 saturated heterocycles. The monoisotopic (exact) mass is 234 g/mol. The molecule has 2 unspecified atom stereocenters. The van der Waals surface area contributed by atoms with Crippen LogP contribution in [0.25, 0.3) is 0 Å². The number of nitrogens with zero attached hydrogens (tertiary/aromatic N) is 1. The number of piperazine rings is 1. The Morgan fingerprint density at radius 3 is 2.65 bits per heavy atom. The summed E-state index contributed by atoms with van der Waals surface area (Å²) < 4.78 is 0. The third kappa shape index (κ3) is 2.79. The average Bonchev–Trinajstić information content (AvgIpc) is 2.39. The normalized spacial score (nSPS) is 25.0. The van der Waals surface area contributed by atoms with Gasteiger partial charge in [0, 0.05) is 30.9 Å². The highest BCUT2D eigenvalue weighted by Gasteiger charge is 2.24. The molecule has 1 aliphatic rings. The number of rotatable bonds is 3. The highest BCUT2D eigenvalue weighted by molar-refractivity contribution is 5.49. The zero-order chi connectivity index (χ0) is 12.3. The van der Waals surface area contributed by atoms with Gasteiger partial charge in [0.25, 0.3) is 0 Å².